The third kappa shape index (κ3) is 3.53. The van der Waals surface area contributed by atoms with Gasteiger partial charge in [0, 0.05) is 0 Å². The average molecular weight is 219 g/mol. The van der Waals surface area contributed by atoms with Crippen molar-refractivity contribution in [3.63, 3.8) is 0 Å². The Morgan fingerprint density at radius 1 is 1.31 bits per heavy atom. The first kappa shape index (κ1) is 11.5. The fourth-order valence-electron chi connectivity index (χ4n) is 1.91. The van der Waals surface area contributed by atoms with Gasteiger partial charge in [0.25, 0.3) is 0 Å². The largest absolute Gasteiger partial charge is 0.490 e. The van der Waals surface area contributed by atoms with Crippen molar-refractivity contribution in [1.29, 1.82) is 0 Å². The third-order valence-electron chi connectivity index (χ3n) is 2.89. The van der Waals surface area contributed by atoms with Crippen LogP contribution in [0.2, 0.25) is 0 Å². The Kier molecular flexibility index (Phi) is 3.83. The molecule has 2 heteroatoms. The molecule has 0 bridgehead atoms. The fraction of sp³-hybridized carbons (Fsp3) is 0.571. The summed E-state index contributed by atoms with van der Waals surface area (Å²) in [6.07, 6.45) is 4.07. The van der Waals surface area contributed by atoms with Crippen molar-refractivity contribution in [2.45, 2.75) is 32.3 Å². The molecule has 0 amide bonds. The van der Waals surface area contributed by atoms with Crippen LogP contribution in [-0.4, -0.2) is 19.7 Å². The Morgan fingerprint density at radius 3 is 2.56 bits per heavy atom. The van der Waals surface area contributed by atoms with Gasteiger partial charge in [0.05, 0.1) is 6.10 Å². The molecule has 0 radical (unpaired) electrons. The van der Waals surface area contributed by atoms with E-state index < -0.39 is 0 Å². The third-order valence-corrected chi connectivity index (χ3v) is 2.89. The van der Waals surface area contributed by atoms with Gasteiger partial charge in [0.15, 0.2) is 0 Å². The van der Waals surface area contributed by atoms with Crippen molar-refractivity contribution in [2.24, 2.45) is 5.92 Å². The summed E-state index contributed by atoms with van der Waals surface area (Å²) in [5.41, 5.74) is 1.39. The molecule has 0 aromatic heterocycles. The Balaban J connectivity index is 1.85. The average Bonchev–Trinajstić information content (AvgIpc) is 3.05. The molecule has 2 rings (SSSR count). The lowest BCUT2D eigenvalue weighted by molar-refractivity contribution is 0.303. The fourth-order valence-corrected chi connectivity index (χ4v) is 1.91. The topological polar surface area (TPSA) is 21.3 Å². The molecule has 1 aromatic rings. The lowest BCUT2D eigenvalue weighted by atomic mass is 10.0. The molecule has 1 aromatic carbocycles. The Bertz CT molecular complexity index is 316. The van der Waals surface area contributed by atoms with Gasteiger partial charge in [-0.25, -0.2) is 0 Å². The second-order valence-electron chi connectivity index (χ2n) is 4.83. The number of hydrogen-bond acceptors (Lipinski definition) is 2. The monoisotopic (exact) mass is 219 g/mol. The quantitative estimate of drug-likeness (QED) is 0.794. The predicted octanol–water partition coefficient (Wildman–Crippen LogP) is 2.63. The second kappa shape index (κ2) is 5.35. The van der Waals surface area contributed by atoms with Crippen molar-refractivity contribution in [2.75, 3.05) is 13.6 Å². The zero-order valence-corrected chi connectivity index (χ0v) is 10.2. The highest BCUT2D eigenvalue weighted by atomic mass is 16.5. The van der Waals surface area contributed by atoms with Gasteiger partial charge in [-0.05, 0) is 56.5 Å². The van der Waals surface area contributed by atoms with E-state index in [9.17, 15) is 0 Å². The van der Waals surface area contributed by atoms with Gasteiger partial charge in [0.2, 0.25) is 0 Å². The van der Waals surface area contributed by atoms with Gasteiger partial charge < -0.3 is 10.1 Å². The summed E-state index contributed by atoms with van der Waals surface area (Å²) in [5, 5.41) is 3.21. The maximum Gasteiger partial charge on any atom is 0.119 e. The van der Waals surface area contributed by atoms with Crippen LogP contribution in [0.25, 0.3) is 0 Å². The number of rotatable bonds is 6. The minimum atomic E-state index is 0.495. The molecular formula is C14H21NO. The zero-order valence-electron chi connectivity index (χ0n) is 10.2. The molecule has 1 unspecified atom stereocenters. The number of hydrogen-bond donors (Lipinski definition) is 1. The molecule has 0 saturated heterocycles. The highest BCUT2D eigenvalue weighted by molar-refractivity contribution is 5.28. The summed E-state index contributed by atoms with van der Waals surface area (Å²) in [5.74, 6) is 1.70. The van der Waals surface area contributed by atoms with Crippen molar-refractivity contribution in [3.8, 4) is 5.75 Å². The minimum Gasteiger partial charge on any atom is -0.490 e. The van der Waals surface area contributed by atoms with E-state index in [1.807, 2.05) is 7.05 Å². The smallest absolute Gasteiger partial charge is 0.119 e. The summed E-state index contributed by atoms with van der Waals surface area (Å²) in [6.45, 7) is 3.34. The van der Waals surface area contributed by atoms with E-state index in [0.717, 1.165) is 18.7 Å². The molecule has 16 heavy (non-hydrogen) atoms. The molecule has 1 aliphatic carbocycles. The van der Waals surface area contributed by atoms with E-state index in [2.05, 4.69) is 36.5 Å². The van der Waals surface area contributed by atoms with Gasteiger partial charge in [-0.2, -0.15) is 0 Å². The molecule has 1 aliphatic rings. The van der Waals surface area contributed by atoms with Crippen LogP contribution < -0.4 is 10.1 Å². The molecule has 0 heterocycles. The summed E-state index contributed by atoms with van der Waals surface area (Å²) in [6, 6.07) is 8.56. The Morgan fingerprint density at radius 2 is 2.00 bits per heavy atom. The van der Waals surface area contributed by atoms with E-state index in [4.69, 9.17) is 4.74 Å². The van der Waals surface area contributed by atoms with E-state index in [-0.39, 0.29) is 0 Å². The van der Waals surface area contributed by atoms with E-state index in [0.29, 0.717) is 12.0 Å². The van der Waals surface area contributed by atoms with Gasteiger partial charge in [-0.1, -0.05) is 19.1 Å². The van der Waals surface area contributed by atoms with Crippen molar-refractivity contribution < 1.29 is 4.74 Å². The normalized spacial score (nSPS) is 17.1. The maximum absolute atomic E-state index is 5.72. The lowest BCUT2D eigenvalue weighted by Crippen LogP contribution is -2.17. The van der Waals surface area contributed by atoms with E-state index in [1.54, 1.807) is 0 Å². The summed E-state index contributed by atoms with van der Waals surface area (Å²) in [4.78, 5) is 0. The first-order chi connectivity index (χ1) is 7.78. The Labute approximate surface area is 98.0 Å². The lowest BCUT2D eigenvalue weighted by Gasteiger charge is -2.11. The van der Waals surface area contributed by atoms with Crippen LogP contribution in [-0.2, 0) is 6.42 Å². The molecule has 1 atom stereocenters. The molecule has 1 fully saturated rings. The molecule has 1 N–H and O–H groups in total. The zero-order chi connectivity index (χ0) is 11.4. The first-order valence-corrected chi connectivity index (χ1v) is 6.18. The highest BCUT2D eigenvalue weighted by Gasteiger charge is 2.23. The molecule has 1 saturated carbocycles. The minimum absolute atomic E-state index is 0.495. The summed E-state index contributed by atoms with van der Waals surface area (Å²) in [7, 11) is 2.00. The van der Waals surface area contributed by atoms with Crippen molar-refractivity contribution in [1.82, 2.24) is 5.32 Å². The van der Waals surface area contributed by atoms with Crippen LogP contribution in [0.5, 0.6) is 5.75 Å². The van der Waals surface area contributed by atoms with Crippen LogP contribution in [0.3, 0.4) is 0 Å². The van der Waals surface area contributed by atoms with Gasteiger partial charge in [-0.3, -0.25) is 0 Å². The second-order valence-corrected chi connectivity index (χ2v) is 4.83. The SMILES string of the molecule is CNCC(C)Cc1ccc(OC2CC2)cc1. The van der Waals surface area contributed by atoms with Crippen LogP contribution in [0.15, 0.2) is 24.3 Å². The van der Waals surface area contributed by atoms with Gasteiger partial charge in [-0.15, -0.1) is 0 Å². The molecular weight excluding hydrogens is 198 g/mol. The molecule has 0 spiro atoms. The first-order valence-electron chi connectivity index (χ1n) is 6.18. The number of benzene rings is 1. The number of ether oxygens (including phenoxy) is 1. The summed E-state index contributed by atoms with van der Waals surface area (Å²) >= 11 is 0. The van der Waals surface area contributed by atoms with Crippen LogP contribution >= 0.6 is 0 Å². The highest BCUT2D eigenvalue weighted by Crippen LogP contribution is 2.26. The van der Waals surface area contributed by atoms with E-state index >= 15 is 0 Å². The molecule has 2 nitrogen and oxygen atoms in total. The number of nitrogens with one attached hydrogen (secondary N) is 1. The molecule has 88 valence electrons. The standard InChI is InChI=1S/C14H21NO/c1-11(10-15-2)9-12-3-5-13(6-4-12)16-14-7-8-14/h3-6,11,14-15H,7-10H2,1-2H3. The van der Waals surface area contributed by atoms with Crippen molar-refractivity contribution >= 4 is 0 Å². The van der Waals surface area contributed by atoms with Crippen LogP contribution in [0.1, 0.15) is 25.3 Å². The van der Waals surface area contributed by atoms with Crippen LogP contribution in [0, 0.1) is 5.92 Å². The predicted molar refractivity (Wildman–Crippen MR) is 66.9 cm³/mol. The van der Waals surface area contributed by atoms with Crippen LogP contribution in [0.4, 0.5) is 0 Å². The maximum atomic E-state index is 5.72. The van der Waals surface area contributed by atoms with Gasteiger partial charge in [0.1, 0.15) is 5.75 Å². The van der Waals surface area contributed by atoms with Crippen molar-refractivity contribution in [3.05, 3.63) is 29.8 Å². The summed E-state index contributed by atoms with van der Waals surface area (Å²) < 4.78 is 5.72. The Hall–Kier alpha value is -1.02. The van der Waals surface area contributed by atoms with Gasteiger partial charge >= 0.3 is 0 Å². The van der Waals surface area contributed by atoms with E-state index in [1.165, 1.54) is 18.4 Å². The molecule has 0 aliphatic heterocycles.